The fourth-order valence-electron chi connectivity index (χ4n) is 1.86. The van der Waals surface area contributed by atoms with E-state index in [1.807, 2.05) is 48.5 Å². The molecular weight excluding hydrogens is 354 g/mol. The molecule has 1 atom stereocenters. The van der Waals surface area contributed by atoms with Gasteiger partial charge in [0.1, 0.15) is 12.4 Å². The Morgan fingerprint density at radius 3 is 2.24 bits per heavy atom. The van der Waals surface area contributed by atoms with Crippen molar-refractivity contribution in [2.45, 2.75) is 19.1 Å². The first kappa shape index (κ1) is 18.0. The molecule has 21 heavy (non-hydrogen) atoms. The third-order valence-corrected chi connectivity index (χ3v) is 3.60. The van der Waals surface area contributed by atoms with Crippen molar-refractivity contribution in [3.05, 3.63) is 64.1 Å². The summed E-state index contributed by atoms with van der Waals surface area (Å²) < 4.78 is 6.78. The molecule has 5 heteroatoms. The Morgan fingerprint density at radius 2 is 1.67 bits per heavy atom. The van der Waals surface area contributed by atoms with Crippen molar-refractivity contribution in [1.82, 2.24) is 0 Å². The molecule has 0 bridgehead atoms. The van der Waals surface area contributed by atoms with E-state index in [0.717, 1.165) is 21.3 Å². The maximum Gasteiger partial charge on any atom is 0.119 e. The Bertz CT molecular complexity index is 531. The van der Waals surface area contributed by atoms with Crippen LogP contribution in [0.25, 0.3) is 0 Å². The first-order valence-corrected chi connectivity index (χ1v) is 7.32. The van der Waals surface area contributed by atoms with Gasteiger partial charge in [0, 0.05) is 17.1 Å². The number of benzene rings is 2. The van der Waals surface area contributed by atoms with Crippen molar-refractivity contribution < 1.29 is 9.84 Å². The highest BCUT2D eigenvalue weighted by Gasteiger charge is 2.05. The van der Waals surface area contributed by atoms with Gasteiger partial charge in [-0.05, 0) is 41.8 Å². The van der Waals surface area contributed by atoms with Crippen LogP contribution in [0.1, 0.15) is 23.6 Å². The fourth-order valence-corrected chi connectivity index (χ4v) is 2.13. The molecule has 0 aromatic heterocycles. The lowest BCUT2D eigenvalue weighted by atomic mass is 10.1. The number of halogens is 2. The van der Waals surface area contributed by atoms with Crippen LogP contribution in [0.5, 0.6) is 5.75 Å². The largest absolute Gasteiger partial charge is 0.489 e. The second kappa shape index (κ2) is 9.05. The minimum atomic E-state index is -0.125. The van der Waals surface area contributed by atoms with Gasteiger partial charge in [0.05, 0.1) is 0 Å². The van der Waals surface area contributed by atoms with Crippen LogP contribution in [-0.4, -0.2) is 11.7 Å². The average Bonchev–Trinajstić information content (AvgIpc) is 2.47. The topological polar surface area (TPSA) is 55.5 Å². The predicted octanol–water partition coefficient (Wildman–Crippen LogP) is 3.83. The number of hydrogen-bond acceptors (Lipinski definition) is 3. The zero-order valence-electron chi connectivity index (χ0n) is 11.5. The highest BCUT2D eigenvalue weighted by Crippen LogP contribution is 2.19. The normalized spacial score (nSPS) is 11.6. The standard InChI is InChI=1S/C16H18BrNO2.ClH/c17-14-5-1-12(2-6-14)11-20-15-7-3-13(4-8-15)16(18)9-10-19;/h1-8,16,19H,9-11,18H2;1H. The van der Waals surface area contributed by atoms with Gasteiger partial charge in [0.25, 0.3) is 0 Å². The van der Waals surface area contributed by atoms with Gasteiger partial charge in [-0.2, -0.15) is 0 Å². The number of aliphatic hydroxyl groups excluding tert-OH is 1. The van der Waals surface area contributed by atoms with Crippen LogP contribution in [0.2, 0.25) is 0 Å². The monoisotopic (exact) mass is 371 g/mol. The van der Waals surface area contributed by atoms with Crippen molar-refractivity contribution in [1.29, 1.82) is 0 Å². The van der Waals surface area contributed by atoms with Crippen molar-refractivity contribution in [2.24, 2.45) is 5.73 Å². The molecule has 0 spiro atoms. The van der Waals surface area contributed by atoms with Crippen LogP contribution in [0.3, 0.4) is 0 Å². The molecule has 0 aliphatic carbocycles. The van der Waals surface area contributed by atoms with E-state index in [4.69, 9.17) is 15.6 Å². The van der Waals surface area contributed by atoms with Crippen molar-refractivity contribution in [3.63, 3.8) is 0 Å². The van der Waals surface area contributed by atoms with E-state index < -0.39 is 0 Å². The molecule has 0 saturated heterocycles. The van der Waals surface area contributed by atoms with E-state index in [1.54, 1.807) is 0 Å². The molecule has 0 saturated carbocycles. The molecule has 2 aromatic carbocycles. The smallest absolute Gasteiger partial charge is 0.119 e. The Labute approximate surface area is 139 Å². The third kappa shape index (κ3) is 5.67. The molecule has 3 nitrogen and oxygen atoms in total. The summed E-state index contributed by atoms with van der Waals surface area (Å²) in [5.74, 6) is 0.813. The van der Waals surface area contributed by atoms with E-state index in [1.165, 1.54) is 0 Å². The molecule has 0 radical (unpaired) electrons. The number of aliphatic hydroxyl groups is 1. The molecular formula is C16H19BrClNO2. The second-order valence-electron chi connectivity index (χ2n) is 4.60. The zero-order chi connectivity index (χ0) is 14.4. The average molecular weight is 373 g/mol. The van der Waals surface area contributed by atoms with E-state index in [2.05, 4.69) is 15.9 Å². The van der Waals surface area contributed by atoms with Gasteiger partial charge in [-0.1, -0.05) is 40.2 Å². The van der Waals surface area contributed by atoms with Crippen molar-refractivity contribution in [3.8, 4) is 5.75 Å². The summed E-state index contributed by atoms with van der Waals surface area (Å²) in [6.45, 7) is 0.637. The number of ether oxygens (including phenoxy) is 1. The molecule has 0 fully saturated rings. The Balaban J connectivity index is 0.00000220. The zero-order valence-corrected chi connectivity index (χ0v) is 13.9. The fraction of sp³-hybridized carbons (Fsp3) is 0.250. The van der Waals surface area contributed by atoms with Crippen LogP contribution in [0, 0.1) is 0 Å². The van der Waals surface area contributed by atoms with Crippen LogP contribution in [-0.2, 0) is 6.61 Å². The van der Waals surface area contributed by atoms with Crippen LogP contribution in [0.15, 0.2) is 53.0 Å². The highest BCUT2D eigenvalue weighted by atomic mass is 79.9. The van der Waals surface area contributed by atoms with E-state index in [-0.39, 0.29) is 25.1 Å². The summed E-state index contributed by atoms with van der Waals surface area (Å²) in [7, 11) is 0. The van der Waals surface area contributed by atoms with Crippen LogP contribution < -0.4 is 10.5 Å². The molecule has 0 amide bonds. The summed E-state index contributed by atoms with van der Waals surface area (Å²) in [6.07, 6.45) is 0.569. The van der Waals surface area contributed by atoms with Gasteiger partial charge in [-0.3, -0.25) is 0 Å². The first-order chi connectivity index (χ1) is 9.69. The summed E-state index contributed by atoms with van der Waals surface area (Å²) in [4.78, 5) is 0. The van der Waals surface area contributed by atoms with Gasteiger partial charge < -0.3 is 15.6 Å². The molecule has 2 aromatic rings. The van der Waals surface area contributed by atoms with E-state index in [9.17, 15) is 0 Å². The third-order valence-electron chi connectivity index (χ3n) is 3.07. The van der Waals surface area contributed by atoms with E-state index in [0.29, 0.717) is 13.0 Å². The Kier molecular flexibility index (Phi) is 7.75. The molecule has 2 rings (SSSR count). The minimum absolute atomic E-state index is 0. The molecule has 0 heterocycles. The summed E-state index contributed by atoms with van der Waals surface area (Å²) in [6, 6.07) is 15.6. The first-order valence-electron chi connectivity index (χ1n) is 6.52. The van der Waals surface area contributed by atoms with Gasteiger partial charge >= 0.3 is 0 Å². The molecule has 0 aliphatic heterocycles. The van der Waals surface area contributed by atoms with Crippen LogP contribution in [0.4, 0.5) is 0 Å². The predicted molar refractivity (Wildman–Crippen MR) is 90.8 cm³/mol. The van der Waals surface area contributed by atoms with Gasteiger partial charge in [0.2, 0.25) is 0 Å². The number of hydrogen-bond donors (Lipinski definition) is 2. The summed E-state index contributed by atoms with van der Waals surface area (Å²) >= 11 is 3.41. The SMILES string of the molecule is Cl.NC(CCO)c1ccc(OCc2ccc(Br)cc2)cc1. The molecule has 3 N–H and O–H groups in total. The second-order valence-corrected chi connectivity index (χ2v) is 5.52. The van der Waals surface area contributed by atoms with Gasteiger partial charge in [-0.25, -0.2) is 0 Å². The minimum Gasteiger partial charge on any atom is -0.489 e. The molecule has 0 aliphatic rings. The summed E-state index contributed by atoms with van der Waals surface area (Å²) in [5, 5.41) is 8.87. The number of nitrogens with two attached hydrogens (primary N) is 1. The summed E-state index contributed by atoms with van der Waals surface area (Å²) in [5.41, 5.74) is 8.06. The maximum atomic E-state index is 8.87. The molecule has 114 valence electrons. The lowest BCUT2D eigenvalue weighted by Crippen LogP contribution is -2.11. The number of rotatable bonds is 6. The van der Waals surface area contributed by atoms with Crippen molar-refractivity contribution >= 4 is 28.3 Å². The Hall–Kier alpha value is -1.07. The quantitative estimate of drug-likeness (QED) is 0.810. The molecule has 1 unspecified atom stereocenters. The van der Waals surface area contributed by atoms with Crippen molar-refractivity contribution in [2.75, 3.05) is 6.61 Å². The lowest BCUT2D eigenvalue weighted by Gasteiger charge is -2.11. The van der Waals surface area contributed by atoms with Gasteiger partial charge in [-0.15, -0.1) is 12.4 Å². The highest BCUT2D eigenvalue weighted by molar-refractivity contribution is 9.10. The van der Waals surface area contributed by atoms with Crippen LogP contribution >= 0.6 is 28.3 Å². The van der Waals surface area contributed by atoms with Gasteiger partial charge in [0.15, 0.2) is 0 Å². The van der Waals surface area contributed by atoms with E-state index >= 15 is 0 Å². The maximum absolute atomic E-state index is 8.87. The Morgan fingerprint density at radius 1 is 1.05 bits per heavy atom. The lowest BCUT2D eigenvalue weighted by molar-refractivity contribution is 0.276.